The average molecular weight is 278 g/mol. The molecule has 1 saturated carbocycles. The lowest BCUT2D eigenvalue weighted by atomic mass is 10.1. The minimum Gasteiger partial charge on any atom is -0.381 e. The molecule has 1 aliphatic carbocycles. The maximum Gasteiger partial charge on any atom is 0.416 e. The fourth-order valence-electron chi connectivity index (χ4n) is 2.37. The SMILES string of the molecule is CC1CCC(Nc2cc(C(F)(F)F)ccc2Cl)C1. The molecule has 1 aromatic carbocycles. The highest BCUT2D eigenvalue weighted by atomic mass is 35.5. The lowest BCUT2D eigenvalue weighted by Gasteiger charge is -2.17. The number of hydrogen-bond donors (Lipinski definition) is 1. The van der Waals surface area contributed by atoms with Gasteiger partial charge in [0.15, 0.2) is 0 Å². The van der Waals surface area contributed by atoms with Gasteiger partial charge in [0, 0.05) is 6.04 Å². The van der Waals surface area contributed by atoms with Crippen molar-refractivity contribution >= 4 is 17.3 Å². The van der Waals surface area contributed by atoms with Crippen LogP contribution < -0.4 is 5.32 Å². The Morgan fingerprint density at radius 3 is 2.56 bits per heavy atom. The summed E-state index contributed by atoms with van der Waals surface area (Å²) in [6, 6.07) is 3.61. The van der Waals surface area contributed by atoms with Gasteiger partial charge in [-0.15, -0.1) is 0 Å². The van der Waals surface area contributed by atoms with E-state index in [1.54, 1.807) is 0 Å². The molecule has 1 aliphatic rings. The fraction of sp³-hybridized carbons (Fsp3) is 0.538. The van der Waals surface area contributed by atoms with E-state index in [2.05, 4.69) is 12.2 Å². The maximum atomic E-state index is 12.6. The third-order valence-electron chi connectivity index (χ3n) is 3.35. The van der Waals surface area contributed by atoms with Crippen LogP contribution in [0.2, 0.25) is 5.02 Å². The van der Waals surface area contributed by atoms with Crippen LogP contribution in [0, 0.1) is 5.92 Å². The predicted molar refractivity (Wildman–Crippen MR) is 66.9 cm³/mol. The Kier molecular flexibility index (Phi) is 3.76. The molecular weight excluding hydrogens is 263 g/mol. The zero-order chi connectivity index (χ0) is 13.3. The Bertz CT molecular complexity index is 431. The Morgan fingerprint density at radius 2 is 2.00 bits per heavy atom. The smallest absolute Gasteiger partial charge is 0.381 e. The second-order valence-electron chi connectivity index (χ2n) is 4.95. The van der Waals surface area contributed by atoms with Crippen LogP contribution in [-0.4, -0.2) is 6.04 Å². The molecule has 0 spiro atoms. The Hall–Kier alpha value is -0.900. The van der Waals surface area contributed by atoms with Crippen molar-refractivity contribution in [2.45, 2.75) is 38.4 Å². The van der Waals surface area contributed by atoms with Crippen molar-refractivity contribution in [3.63, 3.8) is 0 Å². The molecule has 5 heteroatoms. The van der Waals surface area contributed by atoms with Crippen molar-refractivity contribution in [3.8, 4) is 0 Å². The van der Waals surface area contributed by atoms with Crippen LogP contribution in [0.5, 0.6) is 0 Å². The van der Waals surface area contributed by atoms with Gasteiger partial charge in [-0.1, -0.05) is 18.5 Å². The summed E-state index contributed by atoms with van der Waals surface area (Å²) in [5.74, 6) is 0.618. The number of alkyl halides is 3. The number of rotatable bonds is 2. The number of nitrogens with one attached hydrogen (secondary N) is 1. The van der Waals surface area contributed by atoms with Crippen molar-refractivity contribution in [2.75, 3.05) is 5.32 Å². The summed E-state index contributed by atoms with van der Waals surface area (Å²) in [6.07, 6.45) is -1.27. The Balaban J connectivity index is 2.16. The summed E-state index contributed by atoms with van der Waals surface area (Å²) >= 11 is 5.93. The molecule has 1 nitrogen and oxygen atoms in total. The first-order valence-corrected chi connectivity index (χ1v) is 6.37. The summed E-state index contributed by atoms with van der Waals surface area (Å²) in [5.41, 5.74) is -0.286. The molecule has 18 heavy (non-hydrogen) atoms. The minimum absolute atomic E-state index is 0.223. The van der Waals surface area contributed by atoms with Gasteiger partial charge >= 0.3 is 6.18 Å². The molecule has 1 fully saturated rings. The van der Waals surface area contributed by atoms with Crippen molar-refractivity contribution in [3.05, 3.63) is 28.8 Å². The first-order valence-electron chi connectivity index (χ1n) is 5.99. The summed E-state index contributed by atoms with van der Waals surface area (Å²) in [5, 5.41) is 3.46. The van der Waals surface area contributed by atoms with Gasteiger partial charge < -0.3 is 5.32 Å². The van der Waals surface area contributed by atoms with Crippen molar-refractivity contribution in [1.82, 2.24) is 0 Å². The van der Waals surface area contributed by atoms with Crippen LogP contribution in [0.1, 0.15) is 31.7 Å². The lowest BCUT2D eigenvalue weighted by molar-refractivity contribution is -0.137. The maximum absolute atomic E-state index is 12.6. The summed E-state index contributed by atoms with van der Waals surface area (Å²) in [4.78, 5) is 0. The van der Waals surface area contributed by atoms with Gasteiger partial charge in [0.05, 0.1) is 16.3 Å². The molecule has 0 aliphatic heterocycles. The van der Waals surface area contributed by atoms with Gasteiger partial charge in [-0.25, -0.2) is 0 Å². The third kappa shape index (κ3) is 3.10. The molecule has 0 bridgehead atoms. The van der Waals surface area contributed by atoms with Gasteiger partial charge in [0.25, 0.3) is 0 Å². The van der Waals surface area contributed by atoms with E-state index in [0.29, 0.717) is 16.6 Å². The van der Waals surface area contributed by atoms with Crippen molar-refractivity contribution < 1.29 is 13.2 Å². The third-order valence-corrected chi connectivity index (χ3v) is 3.68. The van der Waals surface area contributed by atoms with E-state index in [0.717, 1.165) is 31.4 Å². The molecule has 1 aromatic rings. The molecule has 1 N–H and O–H groups in total. The molecule has 0 aromatic heterocycles. The van der Waals surface area contributed by atoms with Gasteiger partial charge in [-0.2, -0.15) is 13.2 Å². The molecule has 100 valence electrons. The normalized spacial score (nSPS) is 24.3. The van der Waals surface area contributed by atoms with Crippen molar-refractivity contribution in [2.24, 2.45) is 5.92 Å². The molecule has 2 atom stereocenters. The van der Waals surface area contributed by atoms with E-state index >= 15 is 0 Å². The lowest BCUT2D eigenvalue weighted by Crippen LogP contribution is -2.16. The summed E-state index contributed by atoms with van der Waals surface area (Å²) in [7, 11) is 0. The first-order chi connectivity index (χ1) is 8.36. The van der Waals surface area contributed by atoms with Gasteiger partial charge in [0.1, 0.15) is 0 Å². The molecule has 0 radical (unpaired) electrons. The fourth-order valence-corrected chi connectivity index (χ4v) is 2.54. The quantitative estimate of drug-likeness (QED) is 0.806. The highest BCUT2D eigenvalue weighted by molar-refractivity contribution is 6.33. The first kappa shape index (κ1) is 13.5. The number of benzene rings is 1. The topological polar surface area (TPSA) is 12.0 Å². The van der Waals surface area contributed by atoms with E-state index < -0.39 is 11.7 Å². The van der Waals surface area contributed by atoms with E-state index in [9.17, 15) is 13.2 Å². The Labute approximate surface area is 109 Å². The standard InChI is InChI=1S/C13H15ClF3N/c1-8-2-4-10(6-8)18-12-7-9(13(15,16)17)3-5-11(12)14/h3,5,7-8,10,18H,2,4,6H2,1H3. The van der Waals surface area contributed by atoms with Crippen LogP contribution in [0.15, 0.2) is 18.2 Å². The number of anilines is 1. The average Bonchev–Trinajstić information content (AvgIpc) is 2.66. The minimum atomic E-state index is -4.33. The van der Waals surface area contributed by atoms with Gasteiger partial charge in [0.2, 0.25) is 0 Å². The highest BCUT2D eigenvalue weighted by Gasteiger charge is 2.31. The molecule has 2 unspecified atom stereocenters. The number of hydrogen-bond acceptors (Lipinski definition) is 1. The van der Waals surface area contributed by atoms with E-state index in [1.807, 2.05) is 0 Å². The molecule has 0 amide bonds. The number of halogens is 4. The van der Waals surface area contributed by atoms with E-state index in [4.69, 9.17) is 11.6 Å². The summed E-state index contributed by atoms with van der Waals surface area (Å²) in [6.45, 7) is 2.15. The monoisotopic (exact) mass is 277 g/mol. The van der Waals surface area contributed by atoms with Gasteiger partial charge in [-0.05, 0) is 43.4 Å². The molecule has 0 saturated heterocycles. The van der Waals surface area contributed by atoms with Crippen LogP contribution >= 0.6 is 11.6 Å². The molecular formula is C13H15ClF3N. The predicted octanol–water partition coefficient (Wildman–Crippen LogP) is 4.96. The second kappa shape index (κ2) is 5.00. The zero-order valence-electron chi connectivity index (χ0n) is 10.0. The van der Waals surface area contributed by atoms with E-state index in [1.165, 1.54) is 6.07 Å². The largest absolute Gasteiger partial charge is 0.416 e. The van der Waals surface area contributed by atoms with E-state index in [-0.39, 0.29) is 6.04 Å². The summed E-state index contributed by atoms with van der Waals surface area (Å²) < 4.78 is 37.8. The zero-order valence-corrected chi connectivity index (χ0v) is 10.8. The van der Waals surface area contributed by atoms with Crippen LogP contribution in [0.4, 0.5) is 18.9 Å². The van der Waals surface area contributed by atoms with Crippen LogP contribution in [-0.2, 0) is 6.18 Å². The van der Waals surface area contributed by atoms with Gasteiger partial charge in [-0.3, -0.25) is 0 Å². The van der Waals surface area contributed by atoms with Crippen LogP contribution in [0.25, 0.3) is 0 Å². The molecule has 0 heterocycles. The second-order valence-corrected chi connectivity index (χ2v) is 5.36. The highest BCUT2D eigenvalue weighted by Crippen LogP contribution is 2.35. The molecule has 2 rings (SSSR count). The van der Waals surface area contributed by atoms with Crippen LogP contribution in [0.3, 0.4) is 0 Å². The Morgan fingerprint density at radius 1 is 1.28 bits per heavy atom. The van der Waals surface area contributed by atoms with Crippen molar-refractivity contribution in [1.29, 1.82) is 0 Å².